The Hall–Kier alpha value is -2.96. The second-order valence-electron chi connectivity index (χ2n) is 8.16. The molecule has 5 rings (SSSR count). The molecular formula is C25H28N4O2. The average Bonchev–Trinajstić information content (AvgIpc) is 3.23. The molecule has 1 N–H and O–H groups in total. The number of fused-ring (bicyclic) bond motifs is 2. The predicted octanol–water partition coefficient (Wildman–Crippen LogP) is 4.12. The fraction of sp³-hybridized carbons (Fsp3) is 0.360. The van der Waals surface area contributed by atoms with E-state index in [1.54, 1.807) is 7.11 Å². The normalized spacial score (nSPS) is 15.0. The van der Waals surface area contributed by atoms with E-state index < -0.39 is 0 Å². The highest BCUT2D eigenvalue weighted by molar-refractivity contribution is 5.84. The van der Waals surface area contributed by atoms with Crippen molar-refractivity contribution >= 4 is 16.6 Å². The third-order valence-electron chi connectivity index (χ3n) is 6.07. The van der Waals surface area contributed by atoms with Crippen molar-refractivity contribution in [3.05, 3.63) is 60.4 Å². The SMILES string of the molecule is COCCOc1ccn2c(-c3ccc4cccc(CC5CCNCC5)c4n3)cnc2c1. The Bertz CT molecular complexity index is 1180. The van der Waals surface area contributed by atoms with Crippen LogP contribution in [0.2, 0.25) is 0 Å². The molecule has 6 heteroatoms. The Morgan fingerprint density at radius 1 is 1.10 bits per heavy atom. The van der Waals surface area contributed by atoms with Crippen molar-refractivity contribution in [3.63, 3.8) is 0 Å². The summed E-state index contributed by atoms with van der Waals surface area (Å²) in [7, 11) is 1.67. The van der Waals surface area contributed by atoms with Gasteiger partial charge < -0.3 is 14.8 Å². The van der Waals surface area contributed by atoms with Crippen LogP contribution in [0.1, 0.15) is 18.4 Å². The molecule has 0 unspecified atom stereocenters. The van der Waals surface area contributed by atoms with Crippen LogP contribution < -0.4 is 10.1 Å². The predicted molar refractivity (Wildman–Crippen MR) is 123 cm³/mol. The Kier molecular flexibility index (Phi) is 5.82. The van der Waals surface area contributed by atoms with Gasteiger partial charge in [0.2, 0.25) is 0 Å². The number of benzene rings is 1. The van der Waals surface area contributed by atoms with Gasteiger partial charge >= 0.3 is 0 Å². The van der Waals surface area contributed by atoms with Crippen LogP contribution in [0.25, 0.3) is 27.9 Å². The largest absolute Gasteiger partial charge is 0.491 e. The maximum atomic E-state index is 5.72. The first-order chi connectivity index (χ1) is 15.3. The van der Waals surface area contributed by atoms with Crippen molar-refractivity contribution in [1.29, 1.82) is 0 Å². The number of aromatic nitrogens is 3. The lowest BCUT2D eigenvalue weighted by molar-refractivity contribution is 0.146. The summed E-state index contributed by atoms with van der Waals surface area (Å²) in [5.74, 6) is 1.52. The number of hydrogen-bond acceptors (Lipinski definition) is 5. The number of nitrogens with one attached hydrogen (secondary N) is 1. The fourth-order valence-corrected chi connectivity index (χ4v) is 4.40. The van der Waals surface area contributed by atoms with Crippen LogP contribution in [-0.4, -0.2) is 47.8 Å². The van der Waals surface area contributed by atoms with Crippen molar-refractivity contribution in [3.8, 4) is 17.1 Å². The van der Waals surface area contributed by atoms with E-state index in [9.17, 15) is 0 Å². The summed E-state index contributed by atoms with van der Waals surface area (Å²) >= 11 is 0. The van der Waals surface area contributed by atoms with Gasteiger partial charge in [0.15, 0.2) is 0 Å². The van der Waals surface area contributed by atoms with E-state index in [4.69, 9.17) is 14.5 Å². The quantitative estimate of drug-likeness (QED) is 0.459. The standard InChI is InChI=1S/C25H28N4O2/c1-30-13-14-31-21-9-12-29-23(17-27-24(29)16-21)22-6-5-19-3-2-4-20(25(19)28-22)15-18-7-10-26-11-8-18/h2-6,9,12,16-18,26H,7-8,10-11,13-15H2,1H3. The summed E-state index contributed by atoms with van der Waals surface area (Å²) in [6.07, 6.45) is 7.44. The second kappa shape index (κ2) is 9.04. The molecule has 3 aromatic heterocycles. The summed E-state index contributed by atoms with van der Waals surface area (Å²) in [6, 6.07) is 14.7. The number of rotatable bonds is 7. The molecule has 0 saturated carbocycles. The fourth-order valence-electron chi connectivity index (χ4n) is 4.40. The first-order valence-electron chi connectivity index (χ1n) is 11.0. The molecule has 0 spiro atoms. The van der Waals surface area contributed by atoms with Gasteiger partial charge in [0, 0.05) is 24.8 Å². The maximum Gasteiger partial charge on any atom is 0.140 e. The molecule has 31 heavy (non-hydrogen) atoms. The number of pyridine rings is 2. The first kappa shape index (κ1) is 20.0. The van der Waals surface area contributed by atoms with Gasteiger partial charge in [-0.2, -0.15) is 0 Å². The van der Waals surface area contributed by atoms with Gasteiger partial charge in [0.05, 0.1) is 29.7 Å². The van der Waals surface area contributed by atoms with Gasteiger partial charge in [0.1, 0.15) is 18.0 Å². The van der Waals surface area contributed by atoms with Gasteiger partial charge in [-0.25, -0.2) is 9.97 Å². The van der Waals surface area contributed by atoms with Gasteiger partial charge in [-0.3, -0.25) is 4.40 Å². The second-order valence-corrected chi connectivity index (χ2v) is 8.16. The number of para-hydroxylation sites is 1. The zero-order valence-corrected chi connectivity index (χ0v) is 17.9. The van der Waals surface area contributed by atoms with E-state index in [0.29, 0.717) is 13.2 Å². The number of ether oxygens (including phenoxy) is 2. The number of piperidine rings is 1. The molecule has 4 heterocycles. The van der Waals surface area contributed by atoms with Crippen LogP contribution in [0, 0.1) is 5.92 Å². The van der Waals surface area contributed by atoms with Gasteiger partial charge in [-0.15, -0.1) is 0 Å². The molecule has 1 aromatic carbocycles. The molecule has 0 bridgehead atoms. The molecule has 1 fully saturated rings. The maximum absolute atomic E-state index is 5.72. The number of methoxy groups -OCH3 is 1. The highest BCUT2D eigenvalue weighted by Crippen LogP contribution is 2.28. The summed E-state index contributed by atoms with van der Waals surface area (Å²) in [5.41, 5.74) is 5.21. The minimum Gasteiger partial charge on any atom is -0.491 e. The monoisotopic (exact) mass is 416 g/mol. The average molecular weight is 417 g/mol. The molecule has 1 aliphatic heterocycles. The third kappa shape index (κ3) is 4.27. The number of hydrogen-bond donors (Lipinski definition) is 1. The molecule has 4 aromatic rings. The molecule has 0 radical (unpaired) electrons. The van der Waals surface area contributed by atoms with Crippen molar-refractivity contribution in [2.75, 3.05) is 33.4 Å². The molecule has 6 nitrogen and oxygen atoms in total. The van der Waals surface area contributed by atoms with Crippen LogP contribution in [0.4, 0.5) is 0 Å². The Morgan fingerprint density at radius 3 is 2.87 bits per heavy atom. The van der Waals surface area contributed by atoms with Crippen LogP contribution in [-0.2, 0) is 11.2 Å². The van der Waals surface area contributed by atoms with Gasteiger partial charge in [-0.1, -0.05) is 24.3 Å². The van der Waals surface area contributed by atoms with Crippen LogP contribution in [0.3, 0.4) is 0 Å². The molecule has 0 atom stereocenters. The van der Waals surface area contributed by atoms with E-state index in [1.807, 2.05) is 24.5 Å². The van der Waals surface area contributed by atoms with Crippen molar-refractivity contribution in [2.24, 2.45) is 5.92 Å². The lowest BCUT2D eigenvalue weighted by Gasteiger charge is -2.23. The number of imidazole rings is 1. The minimum atomic E-state index is 0.520. The summed E-state index contributed by atoms with van der Waals surface area (Å²) in [6.45, 7) is 3.32. The van der Waals surface area contributed by atoms with Crippen molar-refractivity contribution in [1.82, 2.24) is 19.7 Å². The van der Waals surface area contributed by atoms with E-state index in [2.05, 4.69) is 45.0 Å². The van der Waals surface area contributed by atoms with E-state index in [-0.39, 0.29) is 0 Å². The smallest absolute Gasteiger partial charge is 0.140 e. The van der Waals surface area contributed by atoms with Crippen molar-refractivity contribution in [2.45, 2.75) is 19.3 Å². The lowest BCUT2D eigenvalue weighted by atomic mass is 9.90. The zero-order chi connectivity index (χ0) is 21.0. The molecule has 1 saturated heterocycles. The number of nitrogens with zero attached hydrogens (tertiary/aromatic N) is 3. The molecule has 160 valence electrons. The summed E-state index contributed by atoms with van der Waals surface area (Å²) < 4.78 is 12.8. The van der Waals surface area contributed by atoms with Crippen LogP contribution >= 0.6 is 0 Å². The summed E-state index contributed by atoms with van der Waals surface area (Å²) in [4.78, 5) is 9.68. The molecule has 1 aliphatic rings. The van der Waals surface area contributed by atoms with Gasteiger partial charge in [-0.05, 0) is 56.0 Å². The highest BCUT2D eigenvalue weighted by atomic mass is 16.5. The molecular weight excluding hydrogens is 388 g/mol. The van der Waals surface area contributed by atoms with E-state index >= 15 is 0 Å². The Labute approximate surface area is 182 Å². The minimum absolute atomic E-state index is 0.520. The molecule has 0 aliphatic carbocycles. The lowest BCUT2D eigenvalue weighted by Crippen LogP contribution is -2.28. The zero-order valence-electron chi connectivity index (χ0n) is 17.9. The highest BCUT2D eigenvalue weighted by Gasteiger charge is 2.16. The molecule has 0 amide bonds. The van der Waals surface area contributed by atoms with Crippen LogP contribution in [0.5, 0.6) is 5.75 Å². The van der Waals surface area contributed by atoms with E-state index in [0.717, 1.165) is 53.7 Å². The Balaban J connectivity index is 1.47. The third-order valence-corrected chi connectivity index (χ3v) is 6.07. The first-order valence-corrected chi connectivity index (χ1v) is 11.0. The van der Waals surface area contributed by atoms with Crippen LogP contribution in [0.15, 0.2) is 54.9 Å². The van der Waals surface area contributed by atoms with Crippen molar-refractivity contribution < 1.29 is 9.47 Å². The Morgan fingerprint density at radius 2 is 2.00 bits per heavy atom. The topological polar surface area (TPSA) is 60.7 Å². The summed E-state index contributed by atoms with van der Waals surface area (Å²) in [5, 5.41) is 4.65. The van der Waals surface area contributed by atoms with E-state index in [1.165, 1.54) is 23.8 Å². The van der Waals surface area contributed by atoms with Gasteiger partial charge in [0.25, 0.3) is 0 Å².